The Labute approximate surface area is 199 Å². The molecule has 3 nitrogen and oxygen atoms in total. The maximum atomic E-state index is 12.9. The molecule has 3 saturated carbocycles. The number of rotatable bonds is 1. The molecule has 176 valence electrons. The van der Waals surface area contributed by atoms with Crippen LogP contribution >= 0.6 is 0 Å². The van der Waals surface area contributed by atoms with Gasteiger partial charge in [-0.2, -0.15) is 0 Å². The van der Waals surface area contributed by atoms with Crippen molar-refractivity contribution in [3.8, 4) is 6.57 Å². The zero-order chi connectivity index (χ0) is 24.0. The van der Waals surface area contributed by atoms with E-state index < -0.39 is 0 Å². The van der Waals surface area contributed by atoms with Gasteiger partial charge in [0.1, 0.15) is 0 Å². The first kappa shape index (κ1) is 22.7. The average molecular weight is 447 g/mol. The first-order valence-corrected chi connectivity index (χ1v) is 12.7. The van der Waals surface area contributed by atoms with E-state index >= 15 is 0 Å². The summed E-state index contributed by atoms with van der Waals surface area (Å²) in [5.74, 6) is 1.08. The van der Waals surface area contributed by atoms with Gasteiger partial charge in [-0.25, -0.2) is 0 Å². The fourth-order valence-electron chi connectivity index (χ4n) is 8.80. The molecule has 0 bridgehead atoms. The number of ether oxygens (including phenoxy) is 1. The van der Waals surface area contributed by atoms with E-state index in [0.29, 0.717) is 17.1 Å². The second-order valence-corrected chi connectivity index (χ2v) is 12.9. The van der Waals surface area contributed by atoms with Crippen LogP contribution in [0.3, 0.4) is 0 Å². The molecule has 5 rings (SSSR count). The lowest BCUT2D eigenvalue weighted by molar-refractivity contribution is -0.148. The van der Waals surface area contributed by atoms with E-state index in [1.165, 1.54) is 36.0 Å². The molecule has 0 aromatic rings. The van der Waals surface area contributed by atoms with Crippen molar-refractivity contribution in [1.29, 1.82) is 0 Å². The molecule has 0 spiro atoms. The van der Waals surface area contributed by atoms with Gasteiger partial charge >= 0.3 is 0 Å². The molecular weight excluding hydrogens is 406 g/mol. The van der Waals surface area contributed by atoms with Gasteiger partial charge in [0.2, 0.25) is 5.78 Å². The molecule has 5 aliphatic carbocycles. The molecule has 0 saturated heterocycles. The molecule has 5 aliphatic rings. The lowest BCUT2D eigenvalue weighted by atomic mass is 9.35. The van der Waals surface area contributed by atoms with Crippen LogP contribution in [-0.2, 0) is 9.53 Å². The average Bonchev–Trinajstić information content (AvgIpc) is 2.78. The van der Waals surface area contributed by atoms with Gasteiger partial charge in [-0.15, -0.1) is 0 Å². The molecule has 0 aromatic heterocycles. The maximum Gasteiger partial charge on any atom is 0.278 e. The van der Waals surface area contributed by atoms with Crippen molar-refractivity contribution >= 4 is 5.78 Å². The van der Waals surface area contributed by atoms with Gasteiger partial charge in [-0.05, 0) is 78.4 Å². The molecule has 3 fully saturated rings. The summed E-state index contributed by atoms with van der Waals surface area (Å²) in [5, 5.41) is 0. The SMILES string of the molecule is C#[N+][C@]1(C)CC[C@]2(C)CC[C@]3(C)C4=CC=C5C(=CC(=O)C(OC)=C5C)[C@]4(C)CC[C@@]3(C)[C@@H]2C1. The highest BCUT2D eigenvalue weighted by atomic mass is 16.5. The zero-order valence-electron chi connectivity index (χ0n) is 21.6. The number of allylic oxidation sites excluding steroid dienone is 7. The Morgan fingerprint density at radius 3 is 2.36 bits per heavy atom. The summed E-state index contributed by atoms with van der Waals surface area (Å²) in [5.41, 5.74) is 5.28. The van der Waals surface area contributed by atoms with Gasteiger partial charge in [0.25, 0.3) is 12.1 Å². The Balaban J connectivity index is 1.65. The Morgan fingerprint density at radius 2 is 1.70 bits per heavy atom. The van der Waals surface area contributed by atoms with Gasteiger partial charge in [0.15, 0.2) is 5.76 Å². The number of fused-ring (bicyclic) bond motifs is 7. The van der Waals surface area contributed by atoms with Crippen LogP contribution in [0, 0.1) is 34.2 Å². The zero-order valence-corrected chi connectivity index (χ0v) is 21.6. The van der Waals surface area contributed by atoms with Crippen LogP contribution in [-0.4, -0.2) is 18.4 Å². The van der Waals surface area contributed by atoms with Gasteiger partial charge in [-0.1, -0.05) is 50.3 Å². The lowest BCUT2D eigenvalue weighted by Crippen LogP contribution is -2.62. The maximum absolute atomic E-state index is 12.9. The summed E-state index contributed by atoms with van der Waals surface area (Å²) < 4.78 is 5.46. The van der Waals surface area contributed by atoms with E-state index in [0.717, 1.165) is 31.3 Å². The molecule has 33 heavy (non-hydrogen) atoms. The molecule has 3 heteroatoms. The van der Waals surface area contributed by atoms with Crippen LogP contribution in [0.5, 0.6) is 0 Å². The van der Waals surface area contributed by atoms with Crippen molar-refractivity contribution < 1.29 is 9.53 Å². The van der Waals surface area contributed by atoms with Crippen molar-refractivity contribution in [2.75, 3.05) is 7.11 Å². The fraction of sp³-hybridized carbons (Fsp3) is 0.667. The van der Waals surface area contributed by atoms with Crippen molar-refractivity contribution in [3.05, 3.63) is 51.1 Å². The first-order chi connectivity index (χ1) is 15.4. The molecule has 0 aromatic carbocycles. The van der Waals surface area contributed by atoms with E-state index in [-0.39, 0.29) is 27.6 Å². The predicted molar refractivity (Wildman–Crippen MR) is 134 cm³/mol. The number of nitrogens with zero attached hydrogens (tertiary/aromatic N) is 1. The van der Waals surface area contributed by atoms with Crippen LogP contribution in [0.15, 0.2) is 46.3 Å². The largest absolute Gasteiger partial charge is 0.492 e. The van der Waals surface area contributed by atoms with Crippen LogP contribution in [0.2, 0.25) is 0 Å². The normalized spacial score (nSPS) is 46.5. The highest BCUT2D eigenvalue weighted by Crippen LogP contribution is 2.75. The highest BCUT2D eigenvalue weighted by Gasteiger charge is 2.68. The van der Waals surface area contributed by atoms with E-state index in [1.54, 1.807) is 7.11 Å². The third-order valence-corrected chi connectivity index (χ3v) is 11.3. The van der Waals surface area contributed by atoms with E-state index in [9.17, 15) is 4.79 Å². The topological polar surface area (TPSA) is 30.7 Å². The van der Waals surface area contributed by atoms with Gasteiger partial charge in [0.05, 0.1) is 7.11 Å². The number of carbonyl (C=O) groups excluding carboxylic acids is 1. The molecule has 0 N–H and O–H groups in total. The number of ketones is 1. The summed E-state index contributed by atoms with van der Waals surface area (Å²) in [6, 6.07) is 0. The number of carbonyl (C=O) groups is 1. The molecule has 0 heterocycles. The quantitative estimate of drug-likeness (QED) is 0.420. The van der Waals surface area contributed by atoms with Crippen molar-refractivity contribution in [2.45, 2.75) is 92.0 Å². The summed E-state index contributed by atoms with van der Waals surface area (Å²) in [6.07, 6.45) is 14.6. The first-order valence-electron chi connectivity index (χ1n) is 12.7. The van der Waals surface area contributed by atoms with Crippen molar-refractivity contribution in [2.24, 2.45) is 27.6 Å². The third kappa shape index (κ3) is 2.70. The molecule has 0 aliphatic heterocycles. The van der Waals surface area contributed by atoms with Crippen LogP contribution in [0.25, 0.3) is 4.85 Å². The van der Waals surface area contributed by atoms with Crippen molar-refractivity contribution in [3.63, 3.8) is 0 Å². The Bertz CT molecular complexity index is 1110. The van der Waals surface area contributed by atoms with Gasteiger partial charge < -0.3 is 4.74 Å². The summed E-state index contributed by atoms with van der Waals surface area (Å²) in [4.78, 5) is 17.3. The van der Waals surface area contributed by atoms with E-state index in [1.807, 2.05) is 13.0 Å². The standard InChI is InChI=1S/C30H40NO2/c1-19-20-9-10-23-28(4,21(20)17-22(32)25(19)33-8)14-16-30(6)24-18-27(3,31-7)13-11-26(24,2)12-15-29(23,30)5/h7,9-10,17,24H,11-16,18H2,1-6,8H3/q+1/t24-,26-,27-,28+,29-,30+/m1/s1. The number of methoxy groups -OCH3 is 1. The Hall–Kier alpha value is -2.08. The second kappa shape index (κ2) is 6.74. The lowest BCUT2D eigenvalue weighted by Gasteiger charge is -2.69. The third-order valence-electron chi connectivity index (χ3n) is 11.3. The molecule has 6 atom stereocenters. The van der Waals surface area contributed by atoms with E-state index in [4.69, 9.17) is 11.3 Å². The number of hydrogen-bond donors (Lipinski definition) is 0. The van der Waals surface area contributed by atoms with E-state index in [2.05, 4.69) is 51.6 Å². The van der Waals surface area contributed by atoms with Crippen LogP contribution < -0.4 is 0 Å². The molecule has 0 radical (unpaired) electrons. The minimum Gasteiger partial charge on any atom is -0.492 e. The fourth-order valence-corrected chi connectivity index (χ4v) is 8.80. The Kier molecular flexibility index (Phi) is 4.64. The minimum absolute atomic E-state index is 0.00642. The number of hydrogen-bond acceptors (Lipinski definition) is 2. The summed E-state index contributed by atoms with van der Waals surface area (Å²) in [6.45, 7) is 20.2. The van der Waals surface area contributed by atoms with Crippen LogP contribution in [0.4, 0.5) is 0 Å². The molecule has 0 unspecified atom stereocenters. The smallest absolute Gasteiger partial charge is 0.278 e. The van der Waals surface area contributed by atoms with Gasteiger partial charge in [0, 0.05) is 30.8 Å². The summed E-state index contributed by atoms with van der Waals surface area (Å²) >= 11 is 0. The Morgan fingerprint density at radius 1 is 1.00 bits per heavy atom. The van der Waals surface area contributed by atoms with Gasteiger partial charge in [-0.3, -0.25) is 4.79 Å². The minimum atomic E-state index is -0.114. The van der Waals surface area contributed by atoms with Crippen LogP contribution in [0.1, 0.15) is 86.5 Å². The predicted octanol–water partition coefficient (Wildman–Crippen LogP) is 7.42. The molecule has 0 amide bonds. The molecular formula is C30H40NO2+. The highest BCUT2D eigenvalue weighted by molar-refractivity contribution is 6.07. The summed E-state index contributed by atoms with van der Waals surface area (Å²) in [7, 11) is 1.60. The van der Waals surface area contributed by atoms with Crippen molar-refractivity contribution in [1.82, 2.24) is 0 Å². The second-order valence-electron chi connectivity index (χ2n) is 12.9. The monoisotopic (exact) mass is 446 g/mol.